The van der Waals surface area contributed by atoms with Crippen molar-refractivity contribution in [2.75, 3.05) is 5.32 Å². The van der Waals surface area contributed by atoms with E-state index in [1.807, 2.05) is 30.5 Å². The van der Waals surface area contributed by atoms with E-state index in [0.717, 1.165) is 10.9 Å². The number of hydrogen-bond donors (Lipinski definition) is 4. The Bertz CT molecular complexity index is 865. The summed E-state index contributed by atoms with van der Waals surface area (Å²) in [7, 11) is 0. The van der Waals surface area contributed by atoms with Crippen LogP contribution in [0, 0.1) is 0 Å². The number of phenols is 2. The molecule has 0 atom stereocenters. The lowest BCUT2D eigenvalue weighted by molar-refractivity contribution is -0.111. The molecule has 0 aliphatic carbocycles. The number of rotatable bonds is 3. The molecule has 0 fully saturated rings. The molecule has 0 saturated heterocycles. The van der Waals surface area contributed by atoms with E-state index in [1.54, 1.807) is 12.1 Å². The van der Waals surface area contributed by atoms with E-state index < -0.39 is 0 Å². The van der Waals surface area contributed by atoms with Gasteiger partial charge in [-0.2, -0.15) is 0 Å². The predicted molar refractivity (Wildman–Crippen MR) is 85.7 cm³/mol. The second-order valence-corrected chi connectivity index (χ2v) is 4.85. The summed E-state index contributed by atoms with van der Waals surface area (Å²) in [4.78, 5) is 15.0. The van der Waals surface area contributed by atoms with Crippen LogP contribution in [0.5, 0.6) is 11.5 Å². The van der Waals surface area contributed by atoms with Gasteiger partial charge in [0.25, 0.3) is 0 Å². The quantitative estimate of drug-likeness (QED) is 0.442. The highest BCUT2D eigenvalue weighted by Crippen LogP contribution is 2.25. The molecule has 0 bridgehead atoms. The van der Waals surface area contributed by atoms with Crippen molar-refractivity contribution in [2.45, 2.75) is 0 Å². The fourth-order valence-electron chi connectivity index (χ4n) is 2.13. The number of benzene rings is 2. The van der Waals surface area contributed by atoms with Crippen molar-refractivity contribution in [2.24, 2.45) is 0 Å². The summed E-state index contributed by atoms with van der Waals surface area (Å²) in [6.45, 7) is 0. The van der Waals surface area contributed by atoms with Crippen molar-refractivity contribution in [3.05, 3.63) is 60.3 Å². The zero-order valence-corrected chi connectivity index (χ0v) is 11.6. The van der Waals surface area contributed by atoms with Crippen molar-refractivity contribution < 1.29 is 15.0 Å². The number of carbonyl (C=O) groups is 1. The van der Waals surface area contributed by atoms with Crippen LogP contribution in [-0.4, -0.2) is 21.1 Å². The maximum atomic E-state index is 11.9. The van der Waals surface area contributed by atoms with Gasteiger partial charge < -0.3 is 20.5 Å². The summed E-state index contributed by atoms with van der Waals surface area (Å²) in [5, 5.41) is 22.4. The molecular formula is C17H14N2O3. The summed E-state index contributed by atoms with van der Waals surface area (Å²) in [6, 6.07) is 11.9. The molecule has 110 valence electrons. The smallest absolute Gasteiger partial charge is 0.248 e. The van der Waals surface area contributed by atoms with Gasteiger partial charge in [-0.05, 0) is 48.0 Å². The van der Waals surface area contributed by atoms with Gasteiger partial charge in [-0.3, -0.25) is 4.79 Å². The first-order valence-electron chi connectivity index (χ1n) is 6.70. The number of phenolic OH excluding ortho intramolecular Hbond substituents is 2. The van der Waals surface area contributed by atoms with Gasteiger partial charge in [-0.25, -0.2) is 0 Å². The van der Waals surface area contributed by atoms with Crippen LogP contribution in [0.2, 0.25) is 0 Å². The largest absolute Gasteiger partial charge is 0.504 e. The zero-order valence-electron chi connectivity index (χ0n) is 11.6. The molecule has 1 aromatic heterocycles. The molecule has 4 N–H and O–H groups in total. The van der Waals surface area contributed by atoms with E-state index in [1.165, 1.54) is 18.2 Å². The Morgan fingerprint density at radius 1 is 1.05 bits per heavy atom. The normalized spacial score (nSPS) is 11.1. The lowest BCUT2D eigenvalue weighted by Crippen LogP contribution is -2.07. The van der Waals surface area contributed by atoms with Crippen molar-refractivity contribution in [1.29, 1.82) is 0 Å². The molecular weight excluding hydrogens is 280 g/mol. The second-order valence-electron chi connectivity index (χ2n) is 4.85. The van der Waals surface area contributed by atoms with Crippen molar-refractivity contribution in [3.8, 4) is 11.5 Å². The lowest BCUT2D eigenvalue weighted by Gasteiger charge is -2.02. The summed E-state index contributed by atoms with van der Waals surface area (Å²) < 4.78 is 0. The van der Waals surface area contributed by atoms with Crippen LogP contribution in [0.1, 0.15) is 5.56 Å². The lowest BCUT2D eigenvalue weighted by atomic mass is 10.2. The molecule has 3 rings (SSSR count). The van der Waals surface area contributed by atoms with E-state index in [9.17, 15) is 15.0 Å². The number of amides is 1. The van der Waals surface area contributed by atoms with E-state index in [-0.39, 0.29) is 17.4 Å². The maximum absolute atomic E-state index is 11.9. The highest BCUT2D eigenvalue weighted by molar-refractivity contribution is 6.03. The number of carbonyl (C=O) groups excluding carboxylic acids is 1. The van der Waals surface area contributed by atoms with Crippen LogP contribution in [0.25, 0.3) is 17.0 Å². The van der Waals surface area contributed by atoms with E-state index in [0.29, 0.717) is 11.3 Å². The van der Waals surface area contributed by atoms with Crippen LogP contribution in [0.3, 0.4) is 0 Å². The highest BCUT2D eigenvalue weighted by atomic mass is 16.3. The minimum atomic E-state index is -0.276. The number of fused-ring (bicyclic) bond motifs is 1. The van der Waals surface area contributed by atoms with E-state index in [2.05, 4.69) is 10.3 Å². The van der Waals surface area contributed by atoms with Crippen LogP contribution in [-0.2, 0) is 4.79 Å². The first-order valence-corrected chi connectivity index (χ1v) is 6.70. The molecule has 3 aromatic rings. The van der Waals surface area contributed by atoms with Crippen molar-refractivity contribution in [1.82, 2.24) is 4.98 Å². The third-order valence-electron chi connectivity index (χ3n) is 3.25. The SMILES string of the molecule is O=C(/C=C/c1ccc(O)c(O)c1)Nc1ccc2[nH]ccc2c1. The van der Waals surface area contributed by atoms with E-state index >= 15 is 0 Å². The molecule has 22 heavy (non-hydrogen) atoms. The molecule has 0 spiro atoms. The summed E-state index contributed by atoms with van der Waals surface area (Å²) in [5.41, 5.74) is 2.33. The van der Waals surface area contributed by atoms with Crippen molar-refractivity contribution >= 4 is 28.6 Å². The van der Waals surface area contributed by atoms with Crippen LogP contribution in [0.4, 0.5) is 5.69 Å². The average molecular weight is 294 g/mol. The van der Waals surface area contributed by atoms with E-state index in [4.69, 9.17) is 0 Å². The highest BCUT2D eigenvalue weighted by Gasteiger charge is 2.01. The molecule has 2 aromatic carbocycles. The number of aromatic amines is 1. The number of aromatic hydroxyl groups is 2. The number of anilines is 1. The number of aromatic nitrogens is 1. The first kappa shape index (κ1) is 13.8. The third kappa shape index (κ3) is 2.93. The van der Waals surface area contributed by atoms with Gasteiger partial charge >= 0.3 is 0 Å². The maximum Gasteiger partial charge on any atom is 0.248 e. The van der Waals surface area contributed by atoms with Crippen LogP contribution >= 0.6 is 0 Å². The minimum absolute atomic E-state index is 0.193. The monoisotopic (exact) mass is 294 g/mol. The van der Waals surface area contributed by atoms with Crippen LogP contribution < -0.4 is 5.32 Å². The average Bonchev–Trinajstić information content (AvgIpc) is 2.96. The summed E-state index contributed by atoms with van der Waals surface area (Å²) in [5.74, 6) is -0.690. The van der Waals surface area contributed by atoms with Gasteiger partial charge in [0.15, 0.2) is 11.5 Å². The number of nitrogens with one attached hydrogen (secondary N) is 2. The molecule has 1 heterocycles. The Morgan fingerprint density at radius 2 is 1.91 bits per heavy atom. The number of hydrogen-bond acceptors (Lipinski definition) is 3. The van der Waals surface area contributed by atoms with Gasteiger partial charge in [0.05, 0.1) is 0 Å². The Hall–Kier alpha value is -3.21. The standard InChI is InChI=1S/C17H14N2O3/c20-15-5-1-11(9-16(15)21)2-6-17(22)19-13-3-4-14-12(10-13)7-8-18-14/h1-10,18,20-21H,(H,19,22)/b6-2+. The Labute approximate surface area is 126 Å². The van der Waals surface area contributed by atoms with Gasteiger partial charge in [0.1, 0.15) is 0 Å². The molecule has 0 radical (unpaired) electrons. The molecule has 0 aliphatic rings. The fourth-order valence-corrected chi connectivity index (χ4v) is 2.13. The molecule has 5 heteroatoms. The predicted octanol–water partition coefficient (Wildman–Crippen LogP) is 3.23. The number of H-pyrrole nitrogens is 1. The van der Waals surface area contributed by atoms with Gasteiger partial charge in [-0.1, -0.05) is 6.07 Å². The van der Waals surface area contributed by atoms with Crippen molar-refractivity contribution in [3.63, 3.8) is 0 Å². The fraction of sp³-hybridized carbons (Fsp3) is 0. The zero-order chi connectivity index (χ0) is 15.5. The molecule has 5 nitrogen and oxygen atoms in total. The van der Waals surface area contributed by atoms with Gasteiger partial charge in [0, 0.05) is 28.9 Å². The topological polar surface area (TPSA) is 85.3 Å². The first-order chi connectivity index (χ1) is 10.6. The third-order valence-corrected chi connectivity index (χ3v) is 3.25. The van der Waals surface area contributed by atoms with Gasteiger partial charge in [0.2, 0.25) is 5.91 Å². The molecule has 0 aliphatic heterocycles. The van der Waals surface area contributed by atoms with Crippen LogP contribution in [0.15, 0.2) is 54.7 Å². The minimum Gasteiger partial charge on any atom is -0.504 e. The molecule has 0 saturated carbocycles. The Kier molecular flexibility index (Phi) is 3.53. The Morgan fingerprint density at radius 3 is 2.73 bits per heavy atom. The second kappa shape index (κ2) is 5.65. The Balaban J connectivity index is 1.71. The summed E-state index contributed by atoms with van der Waals surface area (Å²) in [6.07, 6.45) is 4.77. The van der Waals surface area contributed by atoms with Gasteiger partial charge in [-0.15, -0.1) is 0 Å². The molecule has 0 unspecified atom stereocenters. The summed E-state index contributed by atoms with van der Waals surface area (Å²) >= 11 is 0. The molecule has 1 amide bonds.